The molecule has 0 fully saturated rings. The molecule has 0 bridgehead atoms. The van der Waals surface area contributed by atoms with Crippen LogP contribution in [-0.2, 0) is 5.41 Å². The molecular weight excluding hydrogens is 404 g/mol. The van der Waals surface area contributed by atoms with E-state index in [4.69, 9.17) is 0 Å². The maximum atomic E-state index is 13.3. The van der Waals surface area contributed by atoms with Gasteiger partial charge in [0.15, 0.2) is 0 Å². The fraction of sp³-hybridized carbons (Fsp3) is 0.250. The lowest BCUT2D eigenvalue weighted by Crippen LogP contribution is -2.36. The second-order valence-corrected chi connectivity index (χ2v) is 9.08. The monoisotopic (exact) mass is 431 g/mol. The molecule has 0 spiro atoms. The Balaban J connectivity index is 0.000000199. The van der Waals surface area contributed by atoms with Gasteiger partial charge in [-0.3, -0.25) is 0 Å². The normalized spacial score (nSPS) is 13.3. The van der Waals surface area contributed by atoms with Crippen LogP contribution in [0.15, 0.2) is 84.9 Å². The van der Waals surface area contributed by atoms with Crippen LogP contribution in [0.25, 0.3) is 33.3 Å². The molecule has 32 heavy (non-hydrogen) atoms. The largest absolute Gasteiger partial charge is 0.387 e. The number of rotatable bonds is 5. The highest BCUT2D eigenvalue weighted by Gasteiger charge is 2.37. The van der Waals surface area contributed by atoms with E-state index in [2.05, 4.69) is 29.2 Å². The van der Waals surface area contributed by atoms with Crippen molar-refractivity contribution in [2.75, 3.05) is 0 Å². The number of alkyl halides is 2. The van der Waals surface area contributed by atoms with E-state index in [1.807, 2.05) is 74.5 Å². The average molecular weight is 432 g/mol. The molecule has 164 valence electrons. The second kappa shape index (κ2) is 8.44. The fourth-order valence-electron chi connectivity index (χ4n) is 3.87. The minimum atomic E-state index is -3.09. The van der Waals surface area contributed by atoms with Gasteiger partial charge in [0.2, 0.25) is 0 Å². The summed E-state index contributed by atoms with van der Waals surface area (Å²) in [6.45, 7) is 4.52. The maximum absolute atomic E-state index is 13.3. The molecule has 0 saturated heterocycles. The number of para-hydroxylation sites is 1. The van der Waals surface area contributed by atoms with E-state index in [0.29, 0.717) is 0 Å². The summed E-state index contributed by atoms with van der Waals surface area (Å²) in [6.07, 6.45) is -1.64. The molecule has 1 unspecified atom stereocenters. The summed E-state index contributed by atoms with van der Waals surface area (Å²) in [7, 11) is 0. The molecule has 3 aromatic rings. The Labute approximate surface area is 187 Å². The van der Waals surface area contributed by atoms with Gasteiger partial charge in [-0.1, -0.05) is 86.6 Å². The van der Waals surface area contributed by atoms with Crippen LogP contribution >= 0.6 is 0 Å². The third kappa shape index (κ3) is 4.86. The van der Waals surface area contributed by atoms with Crippen molar-refractivity contribution in [3.8, 4) is 22.4 Å². The number of hydrogen-bond donors (Lipinski definition) is 1. The number of aliphatic hydroxyl groups excluding tert-OH is 1. The Kier molecular flexibility index (Phi) is 5.83. The molecule has 0 aromatic heterocycles. The number of pyridine rings is 1. The first-order chi connectivity index (χ1) is 15.1. The van der Waals surface area contributed by atoms with Crippen molar-refractivity contribution in [2.45, 2.75) is 44.6 Å². The number of nitrogens with zero attached hydrogens (tertiary/aromatic N) is 1. The highest BCUT2D eigenvalue weighted by molar-refractivity contribution is 6.04. The smallest absolute Gasteiger partial charge is 0.270 e. The molecule has 4 heteroatoms. The van der Waals surface area contributed by atoms with Gasteiger partial charge in [-0.05, 0) is 40.7 Å². The Hall–Kier alpha value is -3.11. The van der Waals surface area contributed by atoms with Crippen LogP contribution in [-0.4, -0.2) is 22.1 Å². The summed E-state index contributed by atoms with van der Waals surface area (Å²) in [5, 5.41) is 11.0. The zero-order valence-electron chi connectivity index (χ0n) is 18.5. The molecule has 0 radical (unpaired) electrons. The molecular formula is C28H27F2NO. The van der Waals surface area contributed by atoms with Gasteiger partial charge in [0, 0.05) is 17.9 Å². The van der Waals surface area contributed by atoms with Gasteiger partial charge in [-0.2, -0.15) is 0 Å². The topological polar surface area (TPSA) is 33.1 Å². The van der Waals surface area contributed by atoms with Gasteiger partial charge in [-0.25, -0.2) is 13.8 Å². The van der Waals surface area contributed by atoms with Crippen molar-refractivity contribution < 1.29 is 13.9 Å². The number of halogens is 2. The van der Waals surface area contributed by atoms with Crippen LogP contribution < -0.4 is 0 Å². The van der Waals surface area contributed by atoms with E-state index in [-0.39, 0.29) is 6.42 Å². The van der Waals surface area contributed by atoms with Crippen molar-refractivity contribution in [3.05, 3.63) is 90.5 Å². The average Bonchev–Trinajstić information content (AvgIpc) is 3.45. The van der Waals surface area contributed by atoms with Crippen LogP contribution in [0.5, 0.6) is 0 Å². The molecule has 3 aromatic carbocycles. The number of fused-ring (bicyclic) bond motifs is 3. The lowest BCUT2D eigenvalue weighted by Gasteiger charge is -2.30. The minimum absolute atomic E-state index is 0.00867. The molecule has 1 atom stereocenters. The van der Waals surface area contributed by atoms with Crippen molar-refractivity contribution in [1.29, 1.82) is 0 Å². The Bertz CT molecular complexity index is 1230. The Morgan fingerprint density at radius 2 is 1.47 bits per heavy atom. The highest BCUT2D eigenvalue weighted by Crippen LogP contribution is 2.39. The van der Waals surface area contributed by atoms with E-state index >= 15 is 0 Å². The van der Waals surface area contributed by atoms with Gasteiger partial charge in [-0.15, -0.1) is 0 Å². The number of aromatic nitrogens is 1. The van der Waals surface area contributed by atoms with Gasteiger partial charge in [0.05, 0.1) is 11.2 Å². The maximum Gasteiger partial charge on any atom is 0.270 e. The summed E-state index contributed by atoms with van der Waals surface area (Å²) >= 11 is 0. The van der Waals surface area contributed by atoms with E-state index in [1.165, 1.54) is 16.6 Å². The van der Waals surface area contributed by atoms with Gasteiger partial charge in [0.25, 0.3) is 5.92 Å². The van der Waals surface area contributed by atoms with E-state index in [1.54, 1.807) is 0 Å². The Morgan fingerprint density at radius 3 is 2.16 bits per heavy atom. The molecule has 1 N–H and O–H groups in total. The second-order valence-electron chi connectivity index (χ2n) is 9.08. The molecule has 2 aliphatic rings. The van der Waals surface area contributed by atoms with Crippen molar-refractivity contribution in [3.63, 3.8) is 0 Å². The predicted molar refractivity (Wildman–Crippen MR) is 127 cm³/mol. The number of benzene rings is 3. The van der Waals surface area contributed by atoms with E-state index < -0.39 is 17.4 Å². The predicted octanol–water partition coefficient (Wildman–Crippen LogP) is 7.25. The van der Waals surface area contributed by atoms with E-state index in [0.717, 1.165) is 29.1 Å². The number of aliphatic hydroxyl groups is 1. The first-order valence-electron chi connectivity index (χ1n) is 10.8. The summed E-state index contributed by atoms with van der Waals surface area (Å²) in [5.41, 5.74) is 6.19. The van der Waals surface area contributed by atoms with E-state index in [9.17, 15) is 13.9 Å². The fourth-order valence-corrected chi connectivity index (χ4v) is 3.87. The third-order valence-corrected chi connectivity index (χ3v) is 5.95. The van der Waals surface area contributed by atoms with Crippen LogP contribution in [0, 0.1) is 0 Å². The zero-order valence-corrected chi connectivity index (χ0v) is 18.5. The summed E-state index contributed by atoms with van der Waals surface area (Å²) in [5.74, 6) is -3.09. The summed E-state index contributed by atoms with van der Waals surface area (Å²) in [4.78, 5) is 4.35. The number of hydrogen-bond acceptors (Lipinski definition) is 2. The lowest BCUT2D eigenvalue weighted by molar-refractivity contribution is -0.102. The standard InChI is InChI=1S/C19H22F2O.C9H5N/c1-18(2,13-17(22)19(3,20)21)16-11-7-10-15(12-16)14-8-5-4-6-9-14;1-2-4-8-6(3-1)7-5-9(7)10-8/h4-12,17,22H,13H2,1-3H3;1-5H. The first kappa shape index (κ1) is 22.1. The molecule has 1 aliphatic heterocycles. The zero-order chi connectivity index (χ0) is 22.9. The molecule has 2 nitrogen and oxygen atoms in total. The summed E-state index contributed by atoms with van der Waals surface area (Å²) < 4.78 is 26.5. The SMILES string of the molecule is CC(C)(CC(O)C(C)(F)F)c1cccc(-c2ccccc2)c1.c1ccc2c3cc-3nc2c1. The molecule has 1 aliphatic carbocycles. The lowest BCUT2D eigenvalue weighted by atomic mass is 9.78. The van der Waals surface area contributed by atoms with Crippen LogP contribution in [0.2, 0.25) is 0 Å². The minimum Gasteiger partial charge on any atom is -0.387 e. The van der Waals surface area contributed by atoms with Crippen molar-refractivity contribution in [1.82, 2.24) is 4.98 Å². The summed E-state index contributed by atoms with van der Waals surface area (Å²) in [6, 6.07) is 28.1. The van der Waals surface area contributed by atoms with Crippen molar-refractivity contribution in [2.24, 2.45) is 0 Å². The van der Waals surface area contributed by atoms with Crippen molar-refractivity contribution >= 4 is 10.9 Å². The molecule has 0 saturated carbocycles. The van der Waals surface area contributed by atoms with Gasteiger partial charge < -0.3 is 5.11 Å². The molecule has 0 amide bonds. The molecule has 1 heterocycles. The third-order valence-electron chi connectivity index (χ3n) is 5.95. The van der Waals surface area contributed by atoms with Gasteiger partial charge in [0.1, 0.15) is 6.10 Å². The Morgan fingerprint density at radius 1 is 0.812 bits per heavy atom. The quantitative estimate of drug-likeness (QED) is 0.318. The van der Waals surface area contributed by atoms with Gasteiger partial charge >= 0.3 is 0 Å². The molecule has 5 rings (SSSR count). The van der Waals surface area contributed by atoms with Crippen LogP contribution in [0.3, 0.4) is 0 Å². The highest BCUT2D eigenvalue weighted by atomic mass is 19.3. The van der Waals surface area contributed by atoms with Crippen LogP contribution in [0.4, 0.5) is 8.78 Å². The van der Waals surface area contributed by atoms with Crippen LogP contribution in [0.1, 0.15) is 32.8 Å². The first-order valence-corrected chi connectivity index (χ1v) is 10.8.